The van der Waals surface area contributed by atoms with Crippen molar-refractivity contribution in [1.29, 1.82) is 0 Å². The topological polar surface area (TPSA) is 9.23 Å². The zero-order valence-electron chi connectivity index (χ0n) is 17.5. The van der Waals surface area contributed by atoms with E-state index in [0.29, 0.717) is 0 Å². The fourth-order valence-corrected chi connectivity index (χ4v) is 8.15. The summed E-state index contributed by atoms with van der Waals surface area (Å²) >= 11 is 0. The van der Waals surface area contributed by atoms with Crippen molar-refractivity contribution in [1.82, 2.24) is 0 Å². The normalized spacial score (nSPS) is 15.2. The third kappa shape index (κ3) is 3.52. The molecule has 4 aromatic carbocycles. The predicted octanol–water partition coefficient (Wildman–Crippen LogP) is 7.07. The second-order valence-corrected chi connectivity index (χ2v) is 11.0. The first kappa shape index (κ1) is 19.5. The number of allylic oxidation sites excluding steroid dienone is 1. The van der Waals surface area contributed by atoms with E-state index in [9.17, 15) is 0 Å². The van der Waals surface area contributed by atoms with Gasteiger partial charge in [-0.05, 0) is 31.2 Å². The summed E-state index contributed by atoms with van der Waals surface area (Å²) in [6.45, 7) is 2.24. The van der Waals surface area contributed by atoms with Gasteiger partial charge in [0.2, 0.25) is 0 Å². The molecule has 0 atom stereocenters. The van der Waals surface area contributed by atoms with Gasteiger partial charge in [-0.3, -0.25) is 0 Å². The van der Waals surface area contributed by atoms with Crippen molar-refractivity contribution >= 4 is 29.4 Å². The van der Waals surface area contributed by atoms with Crippen molar-refractivity contribution in [2.75, 3.05) is 0 Å². The van der Waals surface area contributed by atoms with Crippen LogP contribution in [-0.4, -0.2) is 0 Å². The van der Waals surface area contributed by atoms with Crippen LogP contribution in [0.25, 0.3) is 11.5 Å². The highest BCUT2D eigenvalue weighted by Gasteiger charge is 2.49. The lowest BCUT2D eigenvalue weighted by Crippen LogP contribution is -2.24. The van der Waals surface area contributed by atoms with E-state index >= 15 is 0 Å². The van der Waals surface area contributed by atoms with Crippen LogP contribution in [0.2, 0.25) is 0 Å². The van der Waals surface area contributed by atoms with Crippen LogP contribution in [-0.2, 0) is 4.74 Å². The molecule has 0 saturated carbocycles. The SMILES string of the molecule is CC1=C(c2ccccc2)OC(c2ccccc2)=C[P+]1(c1ccccc1)c1ccccc1. The maximum absolute atomic E-state index is 6.64. The number of hydrogen-bond acceptors (Lipinski definition) is 1. The zero-order valence-corrected chi connectivity index (χ0v) is 18.4. The maximum Gasteiger partial charge on any atom is 0.173 e. The van der Waals surface area contributed by atoms with Gasteiger partial charge in [0.05, 0.1) is 0 Å². The summed E-state index contributed by atoms with van der Waals surface area (Å²) in [5.41, 5.74) is 2.21. The smallest absolute Gasteiger partial charge is 0.173 e. The molecule has 1 nitrogen and oxygen atoms in total. The second-order valence-electron chi connectivity index (χ2n) is 7.64. The summed E-state index contributed by atoms with van der Waals surface area (Å²) < 4.78 is 6.64. The van der Waals surface area contributed by atoms with Crippen LogP contribution in [0.15, 0.2) is 132 Å². The molecule has 1 heterocycles. The van der Waals surface area contributed by atoms with E-state index in [4.69, 9.17) is 4.74 Å². The van der Waals surface area contributed by atoms with Crippen LogP contribution in [0.4, 0.5) is 0 Å². The quantitative estimate of drug-likeness (QED) is 0.321. The first-order chi connectivity index (χ1) is 15.3. The van der Waals surface area contributed by atoms with Crippen LogP contribution in [0.3, 0.4) is 0 Å². The Morgan fingerprint density at radius 2 is 0.935 bits per heavy atom. The first-order valence-electron chi connectivity index (χ1n) is 10.5. The predicted molar refractivity (Wildman–Crippen MR) is 134 cm³/mol. The maximum atomic E-state index is 6.64. The fraction of sp³-hybridized carbons (Fsp3) is 0.0345. The van der Waals surface area contributed by atoms with Crippen LogP contribution in [0.5, 0.6) is 0 Å². The Balaban J connectivity index is 1.85. The van der Waals surface area contributed by atoms with Gasteiger partial charge in [-0.25, -0.2) is 0 Å². The molecule has 2 heteroatoms. The molecule has 0 radical (unpaired) electrons. The van der Waals surface area contributed by atoms with Crippen molar-refractivity contribution in [3.05, 3.63) is 144 Å². The summed E-state index contributed by atoms with van der Waals surface area (Å²) in [5, 5.41) is 3.96. The van der Waals surface area contributed by atoms with Gasteiger partial charge in [-0.1, -0.05) is 97.1 Å². The monoisotopic (exact) mass is 419 g/mol. The summed E-state index contributed by atoms with van der Waals surface area (Å²) in [7, 11) is -2.04. The lowest BCUT2D eigenvalue weighted by molar-refractivity contribution is 0.468. The third-order valence-electron chi connectivity index (χ3n) is 5.80. The molecule has 1 aliphatic heterocycles. The van der Waals surface area contributed by atoms with Gasteiger partial charge in [0.25, 0.3) is 0 Å². The Morgan fingerprint density at radius 1 is 0.516 bits per heavy atom. The molecule has 4 aromatic rings. The van der Waals surface area contributed by atoms with Gasteiger partial charge in [0.15, 0.2) is 11.5 Å². The molecule has 0 fully saturated rings. The van der Waals surface area contributed by atoms with Crippen molar-refractivity contribution < 1.29 is 4.74 Å². The van der Waals surface area contributed by atoms with E-state index in [0.717, 1.165) is 22.6 Å². The highest BCUT2D eigenvalue weighted by Crippen LogP contribution is 2.69. The minimum atomic E-state index is -2.04. The summed E-state index contributed by atoms with van der Waals surface area (Å²) in [5.74, 6) is 4.28. The molecule has 0 unspecified atom stereocenters. The van der Waals surface area contributed by atoms with E-state index in [1.54, 1.807) is 0 Å². The Bertz CT molecular complexity index is 1190. The first-order valence-corrected chi connectivity index (χ1v) is 12.4. The molecule has 1 aliphatic rings. The van der Waals surface area contributed by atoms with Gasteiger partial charge >= 0.3 is 0 Å². The molecule has 0 saturated heterocycles. The highest BCUT2D eigenvalue weighted by molar-refractivity contribution is 7.95. The van der Waals surface area contributed by atoms with Gasteiger partial charge in [-0.2, -0.15) is 0 Å². The van der Waals surface area contributed by atoms with Crippen molar-refractivity contribution in [3.63, 3.8) is 0 Å². The van der Waals surface area contributed by atoms with Gasteiger partial charge in [0.1, 0.15) is 29.0 Å². The second kappa shape index (κ2) is 8.38. The minimum absolute atomic E-state index is 0.922. The lowest BCUT2D eigenvalue weighted by Gasteiger charge is -2.31. The van der Waals surface area contributed by atoms with Gasteiger partial charge < -0.3 is 4.74 Å². The van der Waals surface area contributed by atoms with E-state index < -0.39 is 7.26 Å². The molecule has 0 bridgehead atoms. The fourth-order valence-electron chi connectivity index (χ4n) is 4.25. The number of benzene rings is 4. The molecule has 0 amide bonds. The van der Waals surface area contributed by atoms with Crippen molar-refractivity contribution in [2.45, 2.75) is 6.92 Å². The summed E-state index contributed by atoms with van der Waals surface area (Å²) in [4.78, 5) is 0. The Morgan fingerprint density at radius 3 is 1.42 bits per heavy atom. The lowest BCUT2D eigenvalue weighted by atomic mass is 10.1. The number of rotatable bonds is 4. The number of hydrogen-bond donors (Lipinski definition) is 0. The van der Waals surface area contributed by atoms with Crippen LogP contribution in [0, 0.1) is 0 Å². The largest absolute Gasteiger partial charge is 0.449 e. The minimum Gasteiger partial charge on any atom is -0.449 e. The van der Waals surface area contributed by atoms with E-state index in [1.807, 2.05) is 12.1 Å². The van der Waals surface area contributed by atoms with Crippen LogP contribution >= 0.6 is 7.26 Å². The molecule has 31 heavy (non-hydrogen) atoms. The standard InChI is InChI=1S/C29H24OP/c1-23-29(25-16-8-3-9-17-25)30-28(24-14-6-2-7-15-24)22-31(23,26-18-10-4-11-19-26)27-20-12-5-13-21-27/h2-22H,1H3/q+1. The molecule has 0 aromatic heterocycles. The van der Waals surface area contributed by atoms with E-state index in [1.165, 1.54) is 15.9 Å². The van der Waals surface area contributed by atoms with E-state index in [-0.39, 0.29) is 0 Å². The van der Waals surface area contributed by atoms with Gasteiger partial charge in [0, 0.05) is 11.1 Å². The van der Waals surface area contributed by atoms with Gasteiger partial charge in [-0.15, -0.1) is 0 Å². The molecule has 150 valence electrons. The Hall–Kier alpha value is -3.41. The summed E-state index contributed by atoms with van der Waals surface area (Å²) in [6.07, 6.45) is 0. The molecular weight excluding hydrogens is 395 g/mol. The molecular formula is C29H24OP+. The Kier molecular flexibility index (Phi) is 5.28. The highest BCUT2D eigenvalue weighted by atomic mass is 31.2. The van der Waals surface area contributed by atoms with Crippen LogP contribution < -0.4 is 10.6 Å². The molecule has 0 spiro atoms. The zero-order chi connectivity index (χ0) is 21.1. The Labute approximate surface area is 184 Å². The van der Waals surface area contributed by atoms with Crippen molar-refractivity contribution in [3.8, 4) is 0 Å². The molecule has 0 aliphatic carbocycles. The van der Waals surface area contributed by atoms with Crippen molar-refractivity contribution in [2.24, 2.45) is 0 Å². The van der Waals surface area contributed by atoms with E-state index in [2.05, 4.69) is 122 Å². The third-order valence-corrected chi connectivity index (χ3v) is 9.91. The average molecular weight is 419 g/mol. The molecule has 5 rings (SSSR count). The molecule has 0 N–H and O–H groups in total. The van der Waals surface area contributed by atoms with Crippen LogP contribution in [0.1, 0.15) is 18.1 Å². The summed E-state index contributed by atoms with van der Waals surface area (Å²) in [6, 6.07) is 42.7. The average Bonchev–Trinajstić information content (AvgIpc) is 2.86. The number of ether oxygens (including phenoxy) is 1.